The fraction of sp³-hybridized carbons (Fsp3) is 0.385. The van der Waals surface area contributed by atoms with Gasteiger partial charge in [0.15, 0.2) is 6.10 Å². The van der Waals surface area contributed by atoms with Crippen molar-refractivity contribution in [2.75, 3.05) is 20.8 Å². The number of carbonyl (C=O) groups excluding carboxylic acids is 1. The zero-order chi connectivity index (χ0) is 14.3. The van der Waals surface area contributed by atoms with Crippen molar-refractivity contribution in [1.29, 1.82) is 0 Å². The zero-order valence-corrected chi connectivity index (χ0v) is 10.9. The number of nitrogens with one attached hydrogen (secondary N) is 1. The predicted molar refractivity (Wildman–Crippen MR) is 67.9 cm³/mol. The summed E-state index contributed by atoms with van der Waals surface area (Å²) in [5.74, 6) is -1.46. The van der Waals surface area contributed by atoms with E-state index in [0.29, 0.717) is 12.2 Å². The summed E-state index contributed by atoms with van der Waals surface area (Å²) in [6, 6.07) is 6.93. The molecule has 0 fully saturated rings. The number of amides is 1. The first kappa shape index (κ1) is 15.1. The van der Waals surface area contributed by atoms with Gasteiger partial charge >= 0.3 is 5.97 Å². The molecule has 1 unspecified atom stereocenters. The van der Waals surface area contributed by atoms with Crippen LogP contribution in [-0.2, 0) is 20.9 Å². The Hall–Kier alpha value is -1.92. The number of carbonyl (C=O) groups is 2. The second-order valence-electron chi connectivity index (χ2n) is 3.91. The molecule has 2 N–H and O–H groups in total. The SMILES string of the molecule is COCc1cccc(C(=O)NCC(OC)C(=O)O)c1. The van der Waals surface area contributed by atoms with E-state index < -0.39 is 12.1 Å². The van der Waals surface area contributed by atoms with E-state index in [1.165, 1.54) is 7.11 Å². The number of aliphatic carboxylic acids is 1. The Morgan fingerprint density at radius 2 is 2.11 bits per heavy atom. The van der Waals surface area contributed by atoms with Crippen LogP contribution in [0.4, 0.5) is 0 Å². The molecular weight excluding hydrogens is 250 g/mol. The molecule has 0 aliphatic rings. The molecule has 1 aromatic rings. The van der Waals surface area contributed by atoms with E-state index in [1.54, 1.807) is 25.3 Å². The molecule has 1 amide bonds. The molecule has 1 rings (SSSR count). The molecule has 1 aromatic carbocycles. The summed E-state index contributed by atoms with van der Waals surface area (Å²) in [4.78, 5) is 22.6. The number of methoxy groups -OCH3 is 2. The fourth-order valence-corrected chi connectivity index (χ4v) is 1.53. The summed E-state index contributed by atoms with van der Waals surface area (Å²) >= 11 is 0. The minimum absolute atomic E-state index is 0.0842. The van der Waals surface area contributed by atoms with Crippen molar-refractivity contribution < 1.29 is 24.2 Å². The highest BCUT2D eigenvalue weighted by molar-refractivity contribution is 5.94. The van der Waals surface area contributed by atoms with Gasteiger partial charge in [0.25, 0.3) is 5.91 Å². The maximum atomic E-state index is 11.8. The lowest BCUT2D eigenvalue weighted by atomic mass is 10.1. The number of carboxylic acids is 1. The van der Waals surface area contributed by atoms with Crippen LogP contribution in [0.3, 0.4) is 0 Å². The van der Waals surface area contributed by atoms with Crippen molar-refractivity contribution in [2.24, 2.45) is 0 Å². The molecule has 0 bridgehead atoms. The molecule has 104 valence electrons. The van der Waals surface area contributed by atoms with Crippen molar-refractivity contribution in [2.45, 2.75) is 12.7 Å². The summed E-state index contributed by atoms with van der Waals surface area (Å²) in [7, 11) is 2.85. The van der Waals surface area contributed by atoms with Gasteiger partial charge in [0.2, 0.25) is 0 Å². The lowest BCUT2D eigenvalue weighted by Crippen LogP contribution is -2.37. The second-order valence-corrected chi connectivity index (χ2v) is 3.91. The van der Waals surface area contributed by atoms with E-state index in [2.05, 4.69) is 5.32 Å². The van der Waals surface area contributed by atoms with Crippen molar-refractivity contribution in [1.82, 2.24) is 5.32 Å². The van der Waals surface area contributed by atoms with Crippen LogP contribution in [0.5, 0.6) is 0 Å². The highest BCUT2D eigenvalue weighted by Crippen LogP contribution is 2.06. The average Bonchev–Trinajstić information content (AvgIpc) is 2.39. The lowest BCUT2D eigenvalue weighted by Gasteiger charge is -2.12. The third-order valence-electron chi connectivity index (χ3n) is 2.51. The van der Waals surface area contributed by atoms with Crippen molar-refractivity contribution in [3.05, 3.63) is 35.4 Å². The molecule has 0 saturated carbocycles. The number of carboxylic acid groups (broad SMARTS) is 1. The molecule has 0 radical (unpaired) electrons. The molecule has 6 nitrogen and oxygen atoms in total. The molecule has 0 heterocycles. The van der Waals surface area contributed by atoms with Gasteiger partial charge in [-0.15, -0.1) is 0 Å². The van der Waals surface area contributed by atoms with Gasteiger partial charge in [-0.1, -0.05) is 12.1 Å². The maximum Gasteiger partial charge on any atom is 0.334 e. The average molecular weight is 267 g/mol. The van der Waals surface area contributed by atoms with Gasteiger partial charge in [0.1, 0.15) is 0 Å². The molecule has 0 saturated heterocycles. The third-order valence-corrected chi connectivity index (χ3v) is 2.51. The van der Waals surface area contributed by atoms with E-state index in [-0.39, 0.29) is 12.5 Å². The number of ether oxygens (including phenoxy) is 2. The molecule has 0 spiro atoms. The summed E-state index contributed by atoms with van der Waals surface area (Å²) in [5.41, 5.74) is 1.33. The maximum absolute atomic E-state index is 11.8. The van der Waals surface area contributed by atoms with Crippen molar-refractivity contribution in [3.63, 3.8) is 0 Å². The van der Waals surface area contributed by atoms with E-state index in [4.69, 9.17) is 14.6 Å². The van der Waals surface area contributed by atoms with Crippen LogP contribution >= 0.6 is 0 Å². The van der Waals surface area contributed by atoms with Gasteiger partial charge in [-0.25, -0.2) is 4.79 Å². The van der Waals surface area contributed by atoms with Gasteiger partial charge in [-0.3, -0.25) is 4.79 Å². The van der Waals surface area contributed by atoms with Crippen LogP contribution in [0, 0.1) is 0 Å². The van der Waals surface area contributed by atoms with Crippen molar-refractivity contribution >= 4 is 11.9 Å². The summed E-state index contributed by atoms with van der Waals surface area (Å²) in [6.07, 6.45) is -1.05. The van der Waals surface area contributed by atoms with Crippen LogP contribution in [0.15, 0.2) is 24.3 Å². The van der Waals surface area contributed by atoms with Gasteiger partial charge in [-0.05, 0) is 17.7 Å². The van der Waals surface area contributed by atoms with Crippen LogP contribution < -0.4 is 5.32 Å². The van der Waals surface area contributed by atoms with Crippen molar-refractivity contribution in [3.8, 4) is 0 Å². The molecule has 0 aromatic heterocycles. The van der Waals surface area contributed by atoms with E-state index >= 15 is 0 Å². The highest BCUT2D eigenvalue weighted by Gasteiger charge is 2.17. The van der Waals surface area contributed by atoms with Gasteiger partial charge in [-0.2, -0.15) is 0 Å². The molecule has 0 aliphatic heterocycles. The van der Waals surface area contributed by atoms with Crippen LogP contribution in [0.1, 0.15) is 15.9 Å². The molecule has 0 aliphatic carbocycles. The standard InChI is InChI=1S/C13H17NO5/c1-18-8-9-4-3-5-10(6-9)12(15)14-7-11(19-2)13(16)17/h3-6,11H,7-8H2,1-2H3,(H,14,15)(H,16,17). The van der Waals surface area contributed by atoms with E-state index in [9.17, 15) is 9.59 Å². The number of hydrogen-bond donors (Lipinski definition) is 2. The summed E-state index contributed by atoms with van der Waals surface area (Å²) in [6.45, 7) is 0.329. The minimum Gasteiger partial charge on any atom is -0.479 e. The number of rotatable bonds is 7. The van der Waals surface area contributed by atoms with Crippen LogP contribution in [0.25, 0.3) is 0 Å². The summed E-state index contributed by atoms with van der Waals surface area (Å²) < 4.78 is 9.71. The Bertz CT molecular complexity index is 446. The second kappa shape index (κ2) is 7.50. The van der Waals surface area contributed by atoms with E-state index in [0.717, 1.165) is 5.56 Å². The molecule has 19 heavy (non-hydrogen) atoms. The Balaban J connectivity index is 2.62. The Morgan fingerprint density at radius 1 is 1.37 bits per heavy atom. The Labute approximate surface area is 111 Å². The first-order chi connectivity index (χ1) is 9.08. The zero-order valence-electron chi connectivity index (χ0n) is 10.9. The van der Waals surface area contributed by atoms with E-state index in [1.807, 2.05) is 6.07 Å². The highest BCUT2D eigenvalue weighted by atomic mass is 16.5. The molecular formula is C13H17NO5. The predicted octanol–water partition coefficient (Wildman–Crippen LogP) is 0.662. The Morgan fingerprint density at radius 3 is 2.68 bits per heavy atom. The molecule has 1 atom stereocenters. The van der Waals surface area contributed by atoms with Gasteiger partial charge in [0, 0.05) is 19.8 Å². The first-order valence-corrected chi connectivity index (χ1v) is 5.70. The number of benzene rings is 1. The monoisotopic (exact) mass is 267 g/mol. The fourth-order valence-electron chi connectivity index (χ4n) is 1.53. The quantitative estimate of drug-likeness (QED) is 0.758. The smallest absolute Gasteiger partial charge is 0.334 e. The van der Waals surface area contributed by atoms with Crippen LogP contribution in [0.2, 0.25) is 0 Å². The van der Waals surface area contributed by atoms with Gasteiger partial charge in [0.05, 0.1) is 13.2 Å². The van der Waals surface area contributed by atoms with Crippen LogP contribution in [-0.4, -0.2) is 43.9 Å². The lowest BCUT2D eigenvalue weighted by molar-refractivity contribution is -0.148. The topological polar surface area (TPSA) is 84.9 Å². The molecule has 6 heteroatoms. The van der Waals surface area contributed by atoms with Gasteiger partial charge < -0.3 is 19.9 Å². The third kappa shape index (κ3) is 4.69. The largest absolute Gasteiger partial charge is 0.479 e. The normalized spacial score (nSPS) is 11.9. The Kier molecular flexibility index (Phi) is 5.98. The summed E-state index contributed by atoms with van der Waals surface area (Å²) in [5, 5.41) is 11.3. The first-order valence-electron chi connectivity index (χ1n) is 5.70. The number of hydrogen-bond acceptors (Lipinski definition) is 4. The minimum atomic E-state index is -1.11.